The van der Waals surface area contributed by atoms with Crippen LogP contribution in [0, 0.1) is 0 Å². The molecular weight excluding hydrogens is 246 g/mol. The first kappa shape index (κ1) is 37.1. The van der Waals surface area contributed by atoms with E-state index < -0.39 is 0 Å². The van der Waals surface area contributed by atoms with Crippen molar-refractivity contribution in [3.63, 3.8) is 0 Å². The predicted octanol–water partition coefficient (Wildman–Crippen LogP) is -9.53. The third-order valence-corrected chi connectivity index (χ3v) is 0. The summed E-state index contributed by atoms with van der Waals surface area (Å²) < 4.78 is 0. The van der Waals surface area contributed by atoms with E-state index in [2.05, 4.69) is 0 Å². The summed E-state index contributed by atoms with van der Waals surface area (Å²) in [6, 6.07) is 0. The van der Waals surface area contributed by atoms with Gasteiger partial charge < -0.3 is 24.8 Å². The fourth-order valence-electron chi connectivity index (χ4n) is 0. The van der Waals surface area contributed by atoms with Gasteiger partial charge in [-0.1, -0.05) is 0 Å². The second kappa shape index (κ2) is 19.9. The van der Waals surface area contributed by atoms with Crippen molar-refractivity contribution in [3.05, 3.63) is 0 Å². The van der Waals surface area contributed by atoms with Crippen molar-refractivity contribution >= 4 is 0 Å². The monoisotopic (exact) mass is 247 g/mol. The van der Waals surface area contributed by atoms with Crippen molar-refractivity contribution in [2.24, 2.45) is 0 Å². The molecule has 0 aliphatic heterocycles. The van der Waals surface area contributed by atoms with Crippen LogP contribution in [0.2, 0.25) is 0 Å². The Morgan fingerprint density at radius 2 is 0.750 bits per heavy atom. The van der Waals surface area contributed by atoms with E-state index in [0.29, 0.717) is 0 Å². The Morgan fingerprint density at radius 3 is 0.750 bits per heavy atom. The zero-order valence-corrected chi connectivity index (χ0v) is 7.33. The fraction of sp³-hybridized carbons (Fsp3) is 0. The van der Waals surface area contributed by atoms with Crippen LogP contribution < -0.4 is 48.8 Å². The average Bonchev–Trinajstić information content (AvgIpc) is 0. The summed E-state index contributed by atoms with van der Waals surface area (Å²) in [6.45, 7) is 0. The molecule has 0 rings (SSSR count). The van der Waals surface area contributed by atoms with E-state index in [1.165, 1.54) is 0 Å². The van der Waals surface area contributed by atoms with Crippen molar-refractivity contribution < 1.29 is 70.5 Å². The van der Waals surface area contributed by atoms with Crippen molar-refractivity contribution in [1.29, 1.82) is 0 Å². The van der Waals surface area contributed by atoms with E-state index in [1.54, 1.807) is 0 Å². The van der Waals surface area contributed by atoms with Crippen LogP contribution in [0.5, 0.6) is 0 Å². The Balaban J connectivity index is 0. The molecule has 0 unspecified atom stereocenters. The number of rotatable bonds is 0. The zero-order valence-electron chi connectivity index (χ0n) is 1.70. The van der Waals surface area contributed by atoms with Crippen molar-refractivity contribution in [2.45, 2.75) is 0 Å². The minimum absolute atomic E-state index is 0. The van der Waals surface area contributed by atoms with Gasteiger partial charge in [0.05, 0.1) is 0 Å². The summed E-state index contributed by atoms with van der Waals surface area (Å²) in [4.78, 5) is 0. The Kier molecular flexibility index (Phi) is 184. The Bertz CT molecular complexity index is 6.00. The molecule has 0 aromatic rings. The predicted molar refractivity (Wildman–Crippen MR) is 2.79 cm³/mol. The first-order valence-corrected chi connectivity index (χ1v) is 0. The van der Waals surface area contributed by atoms with Crippen LogP contribution in [0.15, 0.2) is 0 Å². The van der Waals surface area contributed by atoms with E-state index in [-0.39, 0.29) is 70.5 Å². The second-order valence-corrected chi connectivity index (χ2v) is 0. The summed E-state index contributed by atoms with van der Waals surface area (Å²) in [5.41, 5.74) is 0. The van der Waals surface area contributed by atoms with Gasteiger partial charge in [0, 0.05) is 0 Å². The second-order valence-electron chi connectivity index (χ2n) is 0. The number of halogens is 3. The summed E-state index contributed by atoms with van der Waals surface area (Å²) in [5.74, 6) is 0. The van der Waals surface area contributed by atoms with Gasteiger partial charge in [0.15, 0.2) is 0 Å². The molecule has 0 radical (unpaired) electrons. The molecule has 4 heteroatoms. The summed E-state index contributed by atoms with van der Waals surface area (Å²) >= 11 is 0. The summed E-state index contributed by atoms with van der Waals surface area (Å²) in [5, 5.41) is 0. The van der Waals surface area contributed by atoms with Gasteiger partial charge in [0.1, 0.15) is 0 Å². The average molecular weight is 248 g/mol. The van der Waals surface area contributed by atoms with E-state index in [4.69, 9.17) is 0 Å². The van der Waals surface area contributed by atoms with Gasteiger partial charge in [0.2, 0.25) is 24.0 Å². The van der Waals surface area contributed by atoms with Gasteiger partial charge in [-0.25, -0.2) is 0 Å². The maximum atomic E-state index is 0. The molecule has 0 atom stereocenters. The molecule has 0 fully saturated rings. The topological polar surface area (TPSA) is 0 Å². The first-order valence-electron chi connectivity index (χ1n) is 0. The largest absolute Gasteiger partial charge is 4.00 e. The molecule has 0 N–H and O–H groups in total. The molecule has 24 valence electrons. The standard InChI is InChI=1S/2ClH.H2I.Ti/h2*1H;1H2;/q;;+1;+4/p-2. The van der Waals surface area contributed by atoms with Crippen LogP contribution >= 0.6 is 0 Å². The van der Waals surface area contributed by atoms with E-state index in [9.17, 15) is 0 Å². The molecule has 0 aliphatic rings. The normalized spacial score (nSPS) is 0. The molecule has 0 aromatic carbocycles. The van der Waals surface area contributed by atoms with Gasteiger partial charge in [-0.2, -0.15) is 0 Å². The molecule has 0 heterocycles. The molecule has 0 bridgehead atoms. The molecule has 4 heavy (non-hydrogen) atoms. The minimum Gasteiger partial charge on any atom is -1.00 e. The Morgan fingerprint density at radius 1 is 0.750 bits per heavy atom. The fourth-order valence-corrected chi connectivity index (χ4v) is 0. The van der Waals surface area contributed by atoms with Crippen LogP contribution in [-0.2, 0) is 21.7 Å². The maximum absolute atomic E-state index is 0. The molecular formula is H2Cl2ITi+3. The van der Waals surface area contributed by atoms with Gasteiger partial charge in [-0.3, -0.25) is 0 Å². The van der Waals surface area contributed by atoms with Crippen LogP contribution in [0.25, 0.3) is 0 Å². The first-order chi connectivity index (χ1) is 0. The molecule has 0 nitrogen and oxygen atoms in total. The van der Waals surface area contributed by atoms with Crippen molar-refractivity contribution in [3.8, 4) is 0 Å². The number of hydrogen-bond donors (Lipinski definition) is 0. The number of hydrogen-bond acceptors (Lipinski definition) is 0. The maximum Gasteiger partial charge on any atom is 4.00 e. The third kappa shape index (κ3) is 8.98. The van der Waals surface area contributed by atoms with E-state index >= 15 is 0 Å². The SMILES string of the molecule is [Cl-].[Cl-].[IH2+].[Ti+4]. The minimum atomic E-state index is 0. The third-order valence-electron chi connectivity index (χ3n) is 0. The Hall–Kier alpha value is 2.02. The molecule has 0 saturated heterocycles. The summed E-state index contributed by atoms with van der Waals surface area (Å²) in [7, 11) is 0. The van der Waals surface area contributed by atoms with Crippen LogP contribution in [0.3, 0.4) is 0 Å². The van der Waals surface area contributed by atoms with E-state index in [0.717, 1.165) is 0 Å². The summed E-state index contributed by atoms with van der Waals surface area (Å²) in [6.07, 6.45) is 0. The van der Waals surface area contributed by atoms with Crippen molar-refractivity contribution in [2.75, 3.05) is 0 Å². The van der Waals surface area contributed by atoms with Crippen molar-refractivity contribution in [1.82, 2.24) is 0 Å². The molecule has 0 aliphatic carbocycles. The molecule has 0 aromatic heterocycles. The van der Waals surface area contributed by atoms with E-state index in [1.807, 2.05) is 0 Å². The smallest absolute Gasteiger partial charge is 1.00 e. The molecule has 0 saturated carbocycles. The van der Waals surface area contributed by atoms with Gasteiger partial charge in [-0.05, 0) is 0 Å². The van der Waals surface area contributed by atoms with Gasteiger partial charge in [0.25, 0.3) is 0 Å². The molecule has 0 amide bonds. The van der Waals surface area contributed by atoms with Crippen LogP contribution in [0.4, 0.5) is 0 Å². The Labute approximate surface area is 69.8 Å². The van der Waals surface area contributed by atoms with Gasteiger partial charge >= 0.3 is 21.7 Å². The quantitative estimate of drug-likeness (QED) is 0.295. The zero-order chi connectivity index (χ0) is 0. The van der Waals surface area contributed by atoms with Crippen LogP contribution in [0.1, 0.15) is 0 Å². The van der Waals surface area contributed by atoms with Gasteiger partial charge in [-0.15, -0.1) is 0 Å². The molecule has 0 spiro atoms. The van der Waals surface area contributed by atoms with Crippen LogP contribution in [-0.4, -0.2) is 0 Å².